The van der Waals surface area contributed by atoms with Crippen LogP contribution >= 0.6 is 23.2 Å². The zero-order valence-electron chi connectivity index (χ0n) is 14.7. The second-order valence-corrected chi connectivity index (χ2v) is 7.08. The average molecular weight is 395 g/mol. The lowest BCUT2D eigenvalue weighted by atomic mass is 10.1. The molecule has 0 heterocycles. The molecule has 0 unspecified atom stereocenters. The fraction of sp³-hybridized carbons (Fsp3) is 0.263. The Labute approximate surface area is 163 Å². The molecule has 0 saturated carbocycles. The molecule has 2 aromatic rings. The number of hydrogen-bond donors (Lipinski definition) is 3. The topological polar surface area (TPSA) is 62.6 Å². The molecule has 26 heavy (non-hydrogen) atoms. The lowest BCUT2D eigenvalue weighted by Crippen LogP contribution is -3.04. The molecule has 0 aliphatic heterocycles. The Morgan fingerprint density at radius 1 is 1.00 bits per heavy atom. The summed E-state index contributed by atoms with van der Waals surface area (Å²) in [7, 11) is 4.15. The van der Waals surface area contributed by atoms with Crippen molar-refractivity contribution in [3.05, 3.63) is 69.2 Å². The number of rotatable bonds is 7. The summed E-state index contributed by atoms with van der Waals surface area (Å²) < 4.78 is 0. The van der Waals surface area contributed by atoms with Crippen LogP contribution < -0.4 is 15.5 Å². The average Bonchev–Trinajstić information content (AvgIpc) is 2.58. The van der Waals surface area contributed by atoms with Gasteiger partial charge in [0.05, 0.1) is 31.2 Å². The molecule has 0 saturated heterocycles. The maximum atomic E-state index is 12.1. The summed E-state index contributed by atoms with van der Waals surface area (Å²) in [4.78, 5) is 25.5. The standard InChI is InChI=1S/C19H21Cl2N3O2/c1-24(2)12-14-6-4-3-5-13(14)10-22-18(25)11-23-19(26)16-8-7-15(20)9-17(16)21/h3-9H,10-12H2,1-2H3,(H,22,25)(H,23,26)/p+1. The Balaban J connectivity index is 1.87. The predicted molar refractivity (Wildman–Crippen MR) is 104 cm³/mol. The summed E-state index contributed by atoms with van der Waals surface area (Å²) in [6, 6.07) is 12.6. The van der Waals surface area contributed by atoms with E-state index in [1.165, 1.54) is 22.6 Å². The maximum absolute atomic E-state index is 12.1. The van der Waals surface area contributed by atoms with Crippen molar-refractivity contribution in [1.29, 1.82) is 0 Å². The molecule has 138 valence electrons. The van der Waals surface area contributed by atoms with Crippen molar-refractivity contribution in [3.8, 4) is 0 Å². The van der Waals surface area contributed by atoms with Crippen molar-refractivity contribution in [2.75, 3.05) is 20.6 Å². The minimum absolute atomic E-state index is 0.126. The zero-order valence-corrected chi connectivity index (χ0v) is 16.2. The largest absolute Gasteiger partial charge is 0.350 e. The molecule has 0 bridgehead atoms. The van der Waals surface area contributed by atoms with Crippen LogP contribution in [0.1, 0.15) is 21.5 Å². The first kappa shape index (κ1) is 20.2. The number of halogens is 2. The molecule has 0 aliphatic rings. The van der Waals surface area contributed by atoms with E-state index in [0.29, 0.717) is 11.6 Å². The van der Waals surface area contributed by atoms with Gasteiger partial charge in [-0.05, 0) is 23.8 Å². The number of carbonyl (C=O) groups excluding carboxylic acids is 2. The molecule has 0 fully saturated rings. The van der Waals surface area contributed by atoms with E-state index in [4.69, 9.17) is 23.2 Å². The van der Waals surface area contributed by atoms with E-state index < -0.39 is 5.91 Å². The predicted octanol–water partition coefficient (Wildman–Crippen LogP) is 1.68. The minimum Gasteiger partial charge on any atom is -0.350 e. The molecule has 0 aliphatic carbocycles. The third-order valence-corrected chi connectivity index (χ3v) is 4.27. The van der Waals surface area contributed by atoms with Crippen LogP contribution in [0.5, 0.6) is 0 Å². The summed E-state index contributed by atoms with van der Waals surface area (Å²) in [6.45, 7) is 1.16. The molecular weight excluding hydrogens is 373 g/mol. The number of carbonyl (C=O) groups is 2. The molecule has 3 N–H and O–H groups in total. The van der Waals surface area contributed by atoms with Crippen molar-refractivity contribution in [3.63, 3.8) is 0 Å². The highest BCUT2D eigenvalue weighted by Crippen LogP contribution is 2.20. The molecular formula is C19H22Cl2N3O2+. The molecule has 2 amide bonds. The van der Waals surface area contributed by atoms with Gasteiger partial charge in [0.15, 0.2) is 0 Å². The third kappa shape index (κ3) is 6.02. The Hall–Kier alpha value is -2.08. The smallest absolute Gasteiger partial charge is 0.253 e. The van der Waals surface area contributed by atoms with Crippen molar-refractivity contribution in [2.24, 2.45) is 0 Å². The Bertz CT molecular complexity index is 794. The Kier molecular flexibility index (Phi) is 7.45. The van der Waals surface area contributed by atoms with Gasteiger partial charge in [0.2, 0.25) is 5.91 Å². The van der Waals surface area contributed by atoms with Gasteiger partial charge in [-0.1, -0.05) is 47.5 Å². The van der Waals surface area contributed by atoms with E-state index in [1.54, 1.807) is 6.07 Å². The number of hydrogen-bond acceptors (Lipinski definition) is 2. The normalized spacial score (nSPS) is 10.7. The second kappa shape index (κ2) is 9.57. The van der Waals surface area contributed by atoms with E-state index in [1.807, 2.05) is 18.2 Å². The van der Waals surface area contributed by atoms with Crippen LogP contribution in [-0.4, -0.2) is 32.5 Å². The van der Waals surface area contributed by atoms with Crippen LogP contribution in [0.3, 0.4) is 0 Å². The van der Waals surface area contributed by atoms with E-state index in [9.17, 15) is 9.59 Å². The summed E-state index contributed by atoms with van der Waals surface area (Å²) in [5, 5.41) is 6.08. The van der Waals surface area contributed by atoms with Gasteiger partial charge in [0.25, 0.3) is 5.91 Å². The number of nitrogens with one attached hydrogen (secondary N) is 3. The van der Waals surface area contributed by atoms with E-state index in [2.05, 4.69) is 30.8 Å². The van der Waals surface area contributed by atoms with Crippen molar-refractivity contribution in [2.45, 2.75) is 13.1 Å². The summed E-state index contributed by atoms with van der Waals surface area (Å²) in [6.07, 6.45) is 0. The second-order valence-electron chi connectivity index (χ2n) is 6.24. The van der Waals surface area contributed by atoms with Crippen LogP contribution in [-0.2, 0) is 17.9 Å². The quantitative estimate of drug-likeness (QED) is 0.668. The molecule has 0 atom stereocenters. The SMILES string of the molecule is C[NH+](C)Cc1ccccc1CNC(=O)CNC(=O)c1ccc(Cl)cc1Cl. The van der Waals surface area contributed by atoms with E-state index in [0.717, 1.165) is 12.1 Å². The van der Waals surface area contributed by atoms with Gasteiger partial charge >= 0.3 is 0 Å². The fourth-order valence-corrected chi connectivity index (χ4v) is 2.96. The van der Waals surface area contributed by atoms with Crippen LogP contribution in [0.15, 0.2) is 42.5 Å². The van der Waals surface area contributed by atoms with Crippen LogP contribution in [0.2, 0.25) is 10.0 Å². The van der Waals surface area contributed by atoms with Crippen LogP contribution in [0.25, 0.3) is 0 Å². The highest BCUT2D eigenvalue weighted by atomic mass is 35.5. The third-order valence-electron chi connectivity index (χ3n) is 3.72. The Morgan fingerprint density at radius 3 is 2.35 bits per heavy atom. The molecule has 7 heteroatoms. The maximum Gasteiger partial charge on any atom is 0.253 e. The van der Waals surface area contributed by atoms with Crippen molar-refractivity contribution < 1.29 is 14.5 Å². The number of quaternary nitrogens is 1. The van der Waals surface area contributed by atoms with Gasteiger partial charge in [-0.3, -0.25) is 9.59 Å². The summed E-state index contributed by atoms with van der Waals surface area (Å²) in [5.74, 6) is -0.686. The molecule has 0 radical (unpaired) electrons. The van der Waals surface area contributed by atoms with Gasteiger partial charge in [-0.25, -0.2) is 0 Å². The number of benzene rings is 2. The highest BCUT2D eigenvalue weighted by Gasteiger charge is 2.12. The Morgan fingerprint density at radius 2 is 1.69 bits per heavy atom. The van der Waals surface area contributed by atoms with Crippen molar-refractivity contribution in [1.82, 2.24) is 10.6 Å². The molecule has 0 aromatic heterocycles. The first-order chi connectivity index (χ1) is 12.4. The van der Waals surface area contributed by atoms with Gasteiger partial charge in [-0.15, -0.1) is 0 Å². The summed E-state index contributed by atoms with van der Waals surface area (Å²) >= 11 is 11.8. The minimum atomic E-state index is -0.418. The summed E-state index contributed by atoms with van der Waals surface area (Å²) in [5.41, 5.74) is 2.53. The fourth-order valence-electron chi connectivity index (χ4n) is 2.47. The lowest BCUT2D eigenvalue weighted by Gasteiger charge is -2.13. The lowest BCUT2D eigenvalue weighted by molar-refractivity contribution is -0.872. The highest BCUT2D eigenvalue weighted by molar-refractivity contribution is 6.36. The van der Waals surface area contributed by atoms with Crippen molar-refractivity contribution >= 4 is 35.0 Å². The van der Waals surface area contributed by atoms with E-state index in [-0.39, 0.29) is 23.0 Å². The molecule has 0 spiro atoms. The van der Waals surface area contributed by atoms with Gasteiger partial charge in [0, 0.05) is 17.1 Å². The van der Waals surface area contributed by atoms with Gasteiger partial charge in [-0.2, -0.15) is 0 Å². The first-order valence-corrected chi connectivity index (χ1v) is 8.98. The van der Waals surface area contributed by atoms with Gasteiger partial charge in [0.1, 0.15) is 6.54 Å². The zero-order chi connectivity index (χ0) is 19.1. The number of amides is 2. The van der Waals surface area contributed by atoms with Crippen LogP contribution in [0, 0.1) is 0 Å². The molecule has 2 aromatic carbocycles. The van der Waals surface area contributed by atoms with E-state index >= 15 is 0 Å². The molecule has 2 rings (SSSR count). The monoisotopic (exact) mass is 394 g/mol. The van der Waals surface area contributed by atoms with Crippen LogP contribution in [0.4, 0.5) is 0 Å². The van der Waals surface area contributed by atoms with Gasteiger partial charge < -0.3 is 15.5 Å². The first-order valence-electron chi connectivity index (χ1n) is 8.22. The molecule has 5 nitrogen and oxygen atoms in total.